The molecule has 0 spiro atoms. The highest BCUT2D eigenvalue weighted by Gasteiger charge is 2.18. The van der Waals surface area contributed by atoms with Gasteiger partial charge in [-0.1, -0.05) is 36.4 Å². The van der Waals surface area contributed by atoms with Gasteiger partial charge in [0.15, 0.2) is 0 Å². The molecule has 0 radical (unpaired) electrons. The summed E-state index contributed by atoms with van der Waals surface area (Å²) in [6.45, 7) is 0.645. The normalized spacial score (nSPS) is 11.2. The third-order valence-corrected chi connectivity index (χ3v) is 5.96. The molecule has 0 aliphatic rings. The van der Waals surface area contributed by atoms with Gasteiger partial charge in [0.1, 0.15) is 18.2 Å². The van der Waals surface area contributed by atoms with Crippen LogP contribution in [-0.2, 0) is 16.6 Å². The summed E-state index contributed by atoms with van der Waals surface area (Å²) in [4.78, 5) is 14.2. The van der Waals surface area contributed by atoms with E-state index in [1.807, 2.05) is 30.3 Å². The first-order chi connectivity index (χ1) is 14.8. The van der Waals surface area contributed by atoms with Crippen LogP contribution in [0.25, 0.3) is 0 Å². The Balaban J connectivity index is 1.59. The van der Waals surface area contributed by atoms with Crippen molar-refractivity contribution in [1.82, 2.24) is 9.62 Å². The number of likely N-dealkylation sites (N-methyl/N-ethyl adjacent to an activating group) is 1. The maximum atomic E-state index is 12.9. The van der Waals surface area contributed by atoms with E-state index in [-0.39, 0.29) is 41.9 Å². The third-order valence-electron chi connectivity index (χ3n) is 4.56. The second-order valence-corrected chi connectivity index (χ2v) is 8.63. The summed E-state index contributed by atoms with van der Waals surface area (Å²) in [5.41, 5.74) is 1.09. The molecule has 3 aromatic rings. The minimum Gasteiger partial charge on any atom is -0.492 e. The summed E-state index contributed by atoms with van der Waals surface area (Å²) in [6, 6.07) is 20.7. The number of carbonyl (C=O) groups excluding carboxylic acids is 1. The van der Waals surface area contributed by atoms with Gasteiger partial charge >= 0.3 is 0 Å². The van der Waals surface area contributed by atoms with Crippen molar-refractivity contribution in [3.63, 3.8) is 0 Å². The molecule has 0 bridgehead atoms. The Morgan fingerprint density at radius 2 is 1.71 bits per heavy atom. The Kier molecular flexibility index (Phi) is 7.38. The van der Waals surface area contributed by atoms with Gasteiger partial charge in [-0.25, -0.2) is 17.5 Å². The smallest absolute Gasteiger partial charge is 0.253 e. The van der Waals surface area contributed by atoms with E-state index in [0.29, 0.717) is 5.75 Å². The van der Waals surface area contributed by atoms with Gasteiger partial charge in [-0.2, -0.15) is 0 Å². The molecule has 1 N–H and O–H groups in total. The lowest BCUT2D eigenvalue weighted by atomic mass is 10.2. The first-order valence-corrected chi connectivity index (χ1v) is 11.1. The highest BCUT2D eigenvalue weighted by Crippen LogP contribution is 2.15. The first-order valence-electron chi connectivity index (χ1n) is 9.63. The Morgan fingerprint density at radius 1 is 1.00 bits per heavy atom. The van der Waals surface area contributed by atoms with Crippen LogP contribution in [0, 0.1) is 5.82 Å². The molecule has 1 amide bonds. The number of nitrogens with zero attached hydrogens (tertiary/aromatic N) is 1. The molecule has 0 fully saturated rings. The van der Waals surface area contributed by atoms with Crippen molar-refractivity contribution in [2.75, 3.05) is 20.2 Å². The van der Waals surface area contributed by atoms with Crippen molar-refractivity contribution in [3.8, 4) is 5.75 Å². The number of sulfonamides is 1. The van der Waals surface area contributed by atoms with Crippen LogP contribution in [0.15, 0.2) is 83.8 Å². The lowest BCUT2D eigenvalue weighted by Gasteiger charge is -2.18. The summed E-state index contributed by atoms with van der Waals surface area (Å²) in [5, 5.41) is 0. The highest BCUT2D eigenvalue weighted by molar-refractivity contribution is 7.89. The van der Waals surface area contributed by atoms with E-state index in [9.17, 15) is 17.6 Å². The molecule has 0 heterocycles. The predicted octanol–water partition coefficient (Wildman–Crippen LogP) is 3.46. The number of ether oxygens (including phenoxy) is 1. The fraction of sp³-hybridized carbons (Fsp3) is 0.174. The number of amides is 1. The molecule has 0 unspecified atom stereocenters. The molecule has 31 heavy (non-hydrogen) atoms. The maximum Gasteiger partial charge on any atom is 0.253 e. The molecule has 0 saturated heterocycles. The molecule has 162 valence electrons. The van der Waals surface area contributed by atoms with E-state index in [2.05, 4.69) is 4.72 Å². The Labute approximate surface area is 181 Å². The van der Waals surface area contributed by atoms with Crippen molar-refractivity contribution < 1.29 is 22.3 Å². The van der Waals surface area contributed by atoms with Crippen LogP contribution in [0.3, 0.4) is 0 Å². The SMILES string of the molecule is CN(CCOc1ccc(F)cc1)C(=O)c1cccc(S(=O)(=O)NCc2ccccc2)c1. The molecule has 0 atom stereocenters. The van der Waals surface area contributed by atoms with Crippen LogP contribution in [-0.4, -0.2) is 39.4 Å². The Hall–Kier alpha value is -3.23. The van der Waals surface area contributed by atoms with Gasteiger partial charge in [-0.3, -0.25) is 4.79 Å². The number of carbonyl (C=O) groups is 1. The molecular weight excluding hydrogens is 419 g/mol. The quantitative estimate of drug-likeness (QED) is 0.551. The second kappa shape index (κ2) is 10.2. The van der Waals surface area contributed by atoms with Gasteiger partial charge < -0.3 is 9.64 Å². The number of hydrogen-bond donors (Lipinski definition) is 1. The van der Waals surface area contributed by atoms with E-state index in [1.165, 1.54) is 47.4 Å². The van der Waals surface area contributed by atoms with Crippen LogP contribution in [0.4, 0.5) is 4.39 Å². The lowest BCUT2D eigenvalue weighted by molar-refractivity contribution is 0.0773. The number of hydrogen-bond acceptors (Lipinski definition) is 4. The van der Waals surface area contributed by atoms with Crippen molar-refractivity contribution in [1.29, 1.82) is 0 Å². The monoisotopic (exact) mass is 442 g/mol. The van der Waals surface area contributed by atoms with Crippen LogP contribution in [0.5, 0.6) is 5.75 Å². The molecule has 6 nitrogen and oxygen atoms in total. The Morgan fingerprint density at radius 3 is 2.42 bits per heavy atom. The summed E-state index contributed by atoms with van der Waals surface area (Å²) in [6.07, 6.45) is 0. The number of rotatable bonds is 9. The lowest BCUT2D eigenvalue weighted by Crippen LogP contribution is -2.31. The molecule has 3 rings (SSSR count). The van der Waals surface area contributed by atoms with Crippen LogP contribution >= 0.6 is 0 Å². The summed E-state index contributed by atoms with van der Waals surface area (Å²) >= 11 is 0. The number of nitrogens with one attached hydrogen (secondary N) is 1. The largest absolute Gasteiger partial charge is 0.492 e. The standard InChI is InChI=1S/C23H23FN2O4S/c1-26(14-15-30-21-12-10-20(24)11-13-21)23(27)19-8-5-9-22(16-19)31(28,29)25-17-18-6-3-2-4-7-18/h2-13,16,25H,14-15,17H2,1H3. The topological polar surface area (TPSA) is 75.7 Å². The molecule has 0 aromatic heterocycles. The van der Waals surface area contributed by atoms with Gasteiger partial charge in [-0.05, 0) is 48.0 Å². The minimum absolute atomic E-state index is 0.0187. The zero-order valence-electron chi connectivity index (χ0n) is 17.0. The van der Waals surface area contributed by atoms with Crippen LogP contribution in [0.1, 0.15) is 15.9 Å². The molecular formula is C23H23FN2O4S. The van der Waals surface area contributed by atoms with Gasteiger partial charge in [-0.15, -0.1) is 0 Å². The van der Waals surface area contributed by atoms with Crippen molar-refractivity contribution in [3.05, 3.63) is 95.8 Å². The molecule has 0 saturated carbocycles. The van der Waals surface area contributed by atoms with Crippen LogP contribution < -0.4 is 9.46 Å². The number of halogens is 1. The summed E-state index contributed by atoms with van der Waals surface area (Å²) in [7, 11) is -2.17. The average Bonchev–Trinajstić information content (AvgIpc) is 2.79. The van der Waals surface area contributed by atoms with Crippen molar-refractivity contribution in [2.24, 2.45) is 0 Å². The zero-order chi connectivity index (χ0) is 22.3. The third kappa shape index (κ3) is 6.37. The highest BCUT2D eigenvalue weighted by atomic mass is 32.2. The van der Waals surface area contributed by atoms with Crippen molar-refractivity contribution in [2.45, 2.75) is 11.4 Å². The van der Waals surface area contributed by atoms with Gasteiger partial charge in [0.2, 0.25) is 10.0 Å². The van der Waals surface area contributed by atoms with Gasteiger partial charge in [0.25, 0.3) is 5.91 Å². The van der Waals surface area contributed by atoms with Crippen molar-refractivity contribution >= 4 is 15.9 Å². The van der Waals surface area contributed by atoms with E-state index in [0.717, 1.165) is 5.56 Å². The average molecular weight is 443 g/mol. The summed E-state index contributed by atoms with van der Waals surface area (Å²) in [5.74, 6) is -0.185. The Bertz CT molecular complexity index is 1120. The van der Waals surface area contributed by atoms with E-state index in [1.54, 1.807) is 13.1 Å². The van der Waals surface area contributed by atoms with Gasteiger partial charge in [0, 0.05) is 19.2 Å². The fourth-order valence-electron chi connectivity index (χ4n) is 2.81. The van der Waals surface area contributed by atoms with Gasteiger partial charge in [0.05, 0.1) is 11.4 Å². The van der Waals surface area contributed by atoms with E-state index in [4.69, 9.17) is 4.74 Å². The molecule has 8 heteroatoms. The summed E-state index contributed by atoms with van der Waals surface area (Å²) < 4.78 is 46.2. The molecule has 3 aromatic carbocycles. The minimum atomic E-state index is -3.77. The molecule has 0 aliphatic heterocycles. The van der Waals surface area contributed by atoms with Crippen LogP contribution in [0.2, 0.25) is 0 Å². The maximum absolute atomic E-state index is 12.9. The first kappa shape index (κ1) is 22.5. The van der Waals surface area contributed by atoms with E-state index >= 15 is 0 Å². The fourth-order valence-corrected chi connectivity index (χ4v) is 3.87. The molecule has 0 aliphatic carbocycles. The predicted molar refractivity (Wildman–Crippen MR) is 116 cm³/mol. The zero-order valence-corrected chi connectivity index (χ0v) is 17.8. The number of benzene rings is 3. The van der Waals surface area contributed by atoms with E-state index < -0.39 is 10.0 Å². The second-order valence-electron chi connectivity index (χ2n) is 6.87.